The van der Waals surface area contributed by atoms with E-state index in [0.29, 0.717) is 23.3 Å². The van der Waals surface area contributed by atoms with Gasteiger partial charge in [0.05, 0.1) is 7.11 Å². The van der Waals surface area contributed by atoms with Crippen LogP contribution in [0.3, 0.4) is 0 Å². The molecule has 1 rings (SSSR count). The van der Waals surface area contributed by atoms with Gasteiger partial charge in [0.15, 0.2) is 11.5 Å². The van der Waals surface area contributed by atoms with Gasteiger partial charge in [-0.1, -0.05) is 5.16 Å². The standard InChI is InChI=1S/C9H9NO4/c1-13-9-4-7(5-11)2-3-8(9)14-6-10-12/h2-6,12H,1H3. The van der Waals surface area contributed by atoms with Crippen molar-refractivity contribution in [2.24, 2.45) is 5.16 Å². The number of oxime groups is 1. The van der Waals surface area contributed by atoms with Crippen molar-refractivity contribution >= 4 is 12.7 Å². The zero-order chi connectivity index (χ0) is 10.4. The summed E-state index contributed by atoms with van der Waals surface area (Å²) in [5, 5.41) is 10.8. The Morgan fingerprint density at radius 2 is 2.21 bits per heavy atom. The molecular weight excluding hydrogens is 186 g/mol. The number of hydrogen-bond donors (Lipinski definition) is 1. The molecule has 0 spiro atoms. The van der Waals surface area contributed by atoms with Crippen molar-refractivity contribution in [3.8, 4) is 11.5 Å². The van der Waals surface area contributed by atoms with Gasteiger partial charge in [0.25, 0.3) is 0 Å². The quantitative estimate of drug-likeness (QED) is 0.258. The monoisotopic (exact) mass is 195 g/mol. The molecule has 0 fully saturated rings. The Labute approximate surface area is 80.6 Å². The summed E-state index contributed by atoms with van der Waals surface area (Å²) in [5.41, 5.74) is 0.482. The second-order valence-corrected chi connectivity index (χ2v) is 2.37. The van der Waals surface area contributed by atoms with Crippen LogP contribution in [0.2, 0.25) is 0 Å². The zero-order valence-corrected chi connectivity index (χ0v) is 7.51. The molecule has 1 aromatic rings. The summed E-state index contributed by atoms with van der Waals surface area (Å²) in [5.74, 6) is 0.769. The molecule has 0 bridgehead atoms. The second kappa shape index (κ2) is 4.86. The lowest BCUT2D eigenvalue weighted by molar-refractivity contribution is 0.112. The average Bonchev–Trinajstić information content (AvgIpc) is 2.26. The Balaban J connectivity index is 2.98. The molecule has 0 atom stereocenters. The highest BCUT2D eigenvalue weighted by Crippen LogP contribution is 2.26. The zero-order valence-electron chi connectivity index (χ0n) is 7.51. The summed E-state index contributed by atoms with van der Waals surface area (Å²) < 4.78 is 9.85. The maximum absolute atomic E-state index is 10.4. The first-order valence-electron chi connectivity index (χ1n) is 3.77. The van der Waals surface area contributed by atoms with E-state index in [4.69, 9.17) is 14.7 Å². The topological polar surface area (TPSA) is 68.1 Å². The number of carbonyl (C=O) groups excluding carboxylic acids is 1. The molecule has 5 nitrogen and oxygen atoms in total. The lowest BCUT2D eigenvalue weighted by atomic mass is 10.2. The third kappa shape index (κ3) is 2.22. The van der Waals surface area contributed by atoms with Crippen LogP contribution in [0.5, 0.6) is 11.5 Å². The molecule has 0 radical (unpaired) electrons. The molecular formula is C9H9NO4. The largest absolute Gasteiger partial charge is 0.493 e. The van der Waals surface area contributed by atoms with Crippen molar-refractivity contribution in [2.45, 2.75) is 0 Å². The van der Waals surface area contributed by atoms with Crippen LogP contribution in [-0.2, 0) is 0 Å². The fourth-order valence-electron chi connectivity index (χ4n) is 0.935. The SMILES string of the molecule is COc1cc(C=O)ccc1OC=NO. The Morgan fingerprint density at radius 3 is 2.79 bits per heavy atom. The van der Waals surface area contributed by atoms with Crippen LogP contribution in [0.25, 0.3) is 0 Å². The fraction of sp³-hybridized carbons (Fsp3) is 0.111. The number of aldehydes is 1. The molecule has 0 heterocycles. The highest BCUT2D eigenvalue weighted by molar-refractivity contribution is 5.76. The van der Waals surface area contributed by atoms with Crippen molar-refractivity contribution < 1.29 is 19.5 Å². The third-order valence-corrected chi connectivity index (χ3v) is 1.55. The first-order valence-corrected chi connectivity index (χ1v) is 3.77. The Morgan fingerprint density at radius 1 is 1.43 bits per heavy atom. The van der Waals surface area contributed by atoms with Crippen LogP contribution < -0.4 is 9.47 Å². The summed E-state index contributed by atoms with van der Waals surface area (Å²) >= 11 is 0. The van der Waals surface area contributed by atoms with Gasteiger partial charge < -0.3 is 14.7 Å². The van der Waals surface area contributed by atoms with Crippen molar-refractivity contribution in [1.29, 1.82) is 0 Å². The molecule has 5 heteroatoms. The maximum Gasteiger partial charge on any atom is 0.218 e. The number of carbonyl (C=O) groups is 1. The highest BCUT2D eigenvalue weighted by atomic mass is 16.5. The van der Waals surface area contributed by atoms with Gasteiger partial charge in [0.2, 0.25) is 6.40 Å². The first-order chi connectivity index (χ1) is 6.81. The van der Waals surface area contributed by atoms with Gasteiger partial charge in [0.1, 0.15) is 6.29 Å². The van der Waals surface area contributed by atoms with Crippen LogP contribution >= 0.6 is 0 Å². The number of methoxy groups -OCH3 is 1. The molecule has 0 saturated carbocycles. The van der Waals surface area contributed by atoms with Gasteiger partial charge in [-0.3, -0.25) is 4.79 Å². The van der Waals surface area contributed by atoms with Crippen molar-refractivity contribution in [1.82, 2.24) is 0 Å². The van der Waals surface area contributed by atoms with E-state index in [0.717, 1.165) is 6.40 Å². The highest BCUT2D eigenvalue weighted by Gasteiger charge is 2.04. The van der Waals surface area contributed by atoms with Crippen LogP contribution in [0.4, 0.5) is 0 Å². The minimum atomic E-state index is 0.371. The van der Waals surface area contributed by atoms with Crippen LogP contribution in [0.15, 0.2) is 23.4 Å². The molecule has 0 amide bonds. The molecule has 0 aliphatic heterocycles. The summed E-state index contributed by atoms with van der Waals surface area (Å²) in [7, 11) is 1.45. The van der Waals surface area contributed by atoms with E-state index in [1.807, 2.05) is 0 Å². The third-order valence-electron chi connectivity index (χ3n) is 1.55. The Bertz CT molecular complexity index is 349. The van der Waals surface area contributed by atoms with E-state index >= 15 is 0 Å². The Kier molecular flexibility index (Phi) is 3.49. The van der Waals surface area contributed by atoms with Crippen molar-refractivity contribution in [3.63, 3.8) is 0 Å². The smallest absolute Gasteiger partial charge is 0.218 e. The molecule has 0 aromatic heterocycles. The van der Waals surface area contributed by atoms with Crippen LogP contribution in [-0.4, -0.2) is 25.0 Å². The Hall–Kier alpha value is -2.04. The van der Waals surface area contributed by atoms with E-state index in [2.05, 4.69) is 5.16 Å². The van der Waals surface area contributed by atoms with E-state index in [9.17, 15) is 4.79 Å². The minimum absolute atomic E-state index is 0.371. The fourth-order valence-corrected chi connectivity index (χ4v) is 0.935. The number of benzene rings is 1. The lowest BCUT2D eigenvalue weighted by Crippen LogP contribution is -1.94. The molecule has 0 aliphatic carbocycles. The summed E-state index contributed by atoms with van der Waals surface area (Å²) in [6, 6.07) is 4.63. The molecule has 1 aromatic carbocycles. The van der Waals surface area contributed by atoms with Crippen molar-refractivity contribution in [2.75, 3.05) is 7.11 Å². The van der Waals surface area contributed by atoms with Crippen LogP contribution in [0, 0.1) is 0 Å². The molecule has 0 unspecified atom stereocenters. The van der Waals surface area contributed by atoms with E-state index < -0.39 is 0 Å². The normalized spacial score (nSPS) is 10.1. The summed E-state index contributed by atoms with van der Waals surface area (Å²) in [6.45, 7) is 0. The van der Waals surface area contributed by atoms with Crippen molar-refractivity contribution in [3.05, 3.63) is 23.8 Å². The maximum atomic E-state index is 10.4. The number of hydrogen-bond acceptors (Lipinski definition) is 5. The second-order valence-electron chi connectivity index (χ2n) is 2.37. The molecule has 74 valence electrons. The molecule has 1 N–H and O–H groups in total. The molecule has 0 saturated heterocycles. The number of nitrogens with zero attached hydrogens (tertiary/aromatic N) is 1. The molecule has 0 aliphatic rings. The van der Waals surface area contributed by atoms with Gasteiger partial charge in [-0.25, -0.2) is 0 Å². The van der Waals surface area contributed by atoms with Gasteiger partial charge in [-0.2, -0.15) is 0 Å². The lowest BCUT2D eigenvalue weighted by Gasteiger charge is -2.06. The van der Waals surface area contributed by atoms with Gasteiger partial charge in [0, 0.05) is 5.56 Å². The number of rotatable bonds is 4. The first kappa shape index (κ1) is 10.0. The number of ether oxygens (including phenoxy) is 2. The molecule has 14 heavy (non-hydrogen) atoms. The van der Waals surface area contributed by atoms with Gasteiger partial charge >= 0.3 is 0 Å². The van der Waals surface area contributed by atoms with E-state index in [1.165, 1.54) is 13.2 Å². The minimum Gasteiger partial charge on any atom is -0.493 e. The van der Waals surface area contributed by atoms with Gasteiger partial charge in [-0.05, 0) is 18.2 Å². The predicted molar refractivity (Wildman–Crippen MR) is 49.3 cm³/mol. The average molecular weight is 195 g/mol. The van der Waals surface area contributed by atoms with Gasteiger partial charge in [-0.15, -0.1) is 0 Å². The van der Waals surface area contributed by atoms with E-state index in [1.54, 1.807) is 12.1 Å². The predicted octanol–water partition coefficient (Wildman–Crippen LogP) is 1.30. The summed E-state index contributed by atoms with van der Waals surface area (Å²) in [6.07, 6.45) is 1.56. The van der Waals surface area contributed by atoms with E-state index in [-0.39, 0.29) is 0 Å². The van der Waals surface area contributed by atoms with Crippen LogP contribution in [0.1, 0.15) is 10.4 Å². The summed E-state index contributed by atoms with van der Waals surface area (Å²) in [4.78, 5) is 10.4.